The third kappa shape index (κ3) is 6.04. The lowest BCUT2D eigenvalue weighted by molar-refractivity contribution is -0.140. The van der Waals surface area contributed by atoms with Crippen LogP contribution in [-0.2, 0) is 19.4 Å². The molecule has 6 nitrogen and oxygen atoms in total. The van der Waals surface area contributed by atoms with E-state index in [1.807, 2.05) is 0 Å². The lowest BCUT2D eigenvalue weighted by Gasteiger charge is -2.35. The van der Waals surface area contributed by atoms with Gasteiger partial charge in [-0.1, -0.05) is 0 Å². The minimum absolute atomic E-state index is 0.0115. The lowest BCUT2D eigenvalue weighted by Crippen LogP contribution is -2.44. The highest BCUT2D eigenvalue weighted by atomic mass is 32.2. The number of hydrogen-bond donors (Lipinski definition) is 1. The van der Waals surface area contributed by atoms with E-state index in [0.29, 0.717) is 13.0 Å². The van der Waals surface area contributed by atoms with Crippen LogP contribution in [0, 0.1) is 0 Å². The highest BCUT2D eigenvalue weighted by molar-refractivity contribution is 7.90. The minimum atomic E-state index is -3.14. The average molecular weight is 291 g/mol. The minimum Gasteiger partial charge on any atom is -0.481 e. The Hall–Kier alpha value is -1.11. The monoisotopic (exact) mass is 291 g/mol. The number of hydrogen-bond acceptors (Lipinski definition) is 4. The van der Waals surface area contributed by atoms with Crippen molar-refractivity contribution in [3.63, 3.8) is 0 Å². The predicted octanol–water partition coefficient (Wildman–Crippen LogP) is 0.667. The number of rotatable bonds is 6. The Morgan fingerprint density at radius 1 is 1.26 bits per heavy atom. The summed E-state index contributed by atoms with van der Waals surface area (Å²) in [4.78, 5) is 24.3. The summed E-state index contributed by atoms with van der Waals surface area (Å²) in [6.07, 6.45) is 4.27. The molecule has 7 heteroatoms. The number of carboxylic acids is 1. The SMILES string of the molecule is CS(=O)(=O)CCC(=O)N1CCCCC1CCC(=O)O. The summed E-state index contributed by atoms with van der Waals surface area (Å²) in [6, 6.07) is -0.0584. The summed E-state index contributed by atoms with van der Waals surface area (Å²) < 4.78 is 22.1. The highest BCUT2D eigenvalue weighted by Crippen LogP contribution is 2.21. The summed E-state index contributed by atoms with van der Waals surface area (Å²) in [7, 11) is -3.14. The molecule has 0 aromatic heterocycles. The van der Waals surface area contributed by atoms with Gasteiger partial charge < -0.3 is 10.0 Å². The number of carbonyl (C=O) groups excluding carboxylic acids is 1. The highest BCUT2D eigenvalue weighted by Gasteiger charge is 2.27. The topological polar surface area (TPSA) is 91.8 Å². The van der Waals surface area contributed by atoms with Gasteiger partial charge in [-0.3, -0.25) is 9.59 Å². The molecule has 1 fully saturated rings. The van der Waals surface area contributed by atoms with Crippen LogP contribution in [0.1, 0.15) is 38.5 Å². The second-order valence-electron chi connectivity index (χ2n) is 5.05. The van der Waals surface area contributed by atoms with Crippen molar-refractivity contribution in [2.75, 3.05) is 18.6 Å². The van der Waals surface area contributed by atoms with Crippen molar-refractivity contribution in [1.29, 1.82) is 0 Å². The molecule has 110 valence electrons. The second-order valence-corrected chi connectivity index (χ2v) is 7.31. The van der Waals surface area contributed by atoms with Crippen LogP contribution in [0.15, 0.2) is 0 Å². The van der Waals surface area contributed by atoms with E-state index in [9.17, 15) is 18.0 Å². The Labute approximate surface area is 113 Å². The maximum atomic E-state index is 12.0. The molecule has 1 aliphatic rings. The average Bonchev–Trinajstić information content (AvgIpc) is 2.33. The van der Waals surface area contributed by atoms with Gasteiger partial charge in [0.15, 0.2) is 0 Å². The molecule has 19 heavy (non-hydrogen) atoms. The van der Waals surface area contributed by atoms with Gasteiger partial charge in [0, 0.05) is 31.7 Å². The predicted molar refractivity (Wildman–Crippen MR) is 70.5 cm³/mol. The molecule has 1 heterocycles. The normalized spacial score (nSPS) is 20.3. The summed E-state index contributed by atoms with van der Waals surface area (Å²) >= 11 is 0. The number of carbonyl (C=O) groups is 2. The standard InChI is InChI=1S/C12H21NO5S/c1-19(17,18)9-7-11(14)13-8-3-2-4-10(13)5-6-12(15)16/h10H,2-9H2,1H3,(H,15,16). The van der Waals surface area contributed by atoms with Crippen molar-refractivity contribution < 1.29 is 23.1 Å². The molecule has 1 atom stereocenters. The number of likely N-dealkylation sites (tertiary alicyclic amines) is 1. The molecule has 1 saturated heterocycles. The largest absolute Gasteiger partial charge is 0.481 e. The van der Waals surface area contributed by atoms with Crippen LogP contribution in [-0.4, -0.2) is 54.9 Å². The van der Waals surface area contributed by atoms with E-state index in [2.05, 4.69) is 0 Å². The van der Waals surface area contributed by atoms with Crippen LogP contribution in [0.2, 0.25) is 0 Å². The zero-order chi connectivity index (χ0) is 14.5. The van der Waals surface area contributed by atoms with Crippen LogP contribution in [0.3, 0.4) is 0 Å². The van der Waals surface area contributed by atoms with Crippen molar-refractivity contribution in [3.05, 3.63) is 0 Å². The molecular formula is C12H21NO5S. The van der Waals surface area contributed by atoms with E-state index in [-0.39, 0.29) is 30.5 Å². The molecule has 1 rings (SSSR count). The van der Waals surface area contributed by atoms with Gasteiger partial charge in [-0.2, -0.15) is 0 Å². The smallest absolute Gasteiger partial charge is 0.303 e. The third-order valence-electron chi connectivity index (χ3n) is 3.33. The van der Waals surface area contributed by atoms with Crippen molar-refractivity contribution in [3.8, 4) is 0 Å². The van der Waals surface area contributed by atoms with E-state index >= 15 is 0 Å². The molecule has 0 aromatic rings. The molecular weight excluding hydrogens is 270 g/mol. The van der Waals surface area contributed by atoms with E-state index in [1.165, 1.54) is 0 Å². The number of sulfone groups is 1. The Kier molecular flexibility index (Phi) is 5.78. The summed E-state index contributed by atoms with van der Waals surface area (Å²) in [5, 5.41) is 8.70. The van der Waals surface area contributed by atoms with Crippen molar-refractivity contribution >= 4 is 21.7 Å². The third-order valence-corrected chi connectivity index (χ3v) is 4.27. The van der Waals surface area contributed by atoms with E-state index < -0.39 is 15.8 Å². The fourth-order valence-electron chi connectivity index (χ4n) is 2.34. The van der Waals surface area contributed by atoms with E-state index in [0.717, 1.165) is 25.5 Å². The molecule has 0 radical (unpaired) electrons. The van der Waals surface area contributed by atoms with Crippen LogP contribution in [0.5, 0.6) is 0 Å². The molecule has 0 bridgehead atoms. The van der Waals surface area contributed by atoms with Crippen LogP contribution >= 0.6 is 0 Å². The molecule has 1 amide bonds. The van der Waals surface area contributed by atoms with Crippen molar-refractivity contribution in [2.45, 2.75) is 44.6 Å². The summed E-state index contributed by atoms with van der Waals surface area (Å²) in [6.45, 7) is 0.604. The van der Waals surface area contributed by atoms with Crippen LogP contribution in [0.4, 0.5) is 0 Å². The molecule has 0 spiro atoms. The number of aliphatic carboxylic acids is 1. The molecule has 1 unspecified atom stereocenters. The zero-order valence-corrected chi connectivity index (χ0v) is 12.0. The quantitative estimate of drug-likeness (QED) is 0.776. The Bertz CT molecular complexity index is 431. The number of amides is 1. The zero-order valence-electron chi connectivity index (χ0n) is 11.2. The summed E-state index contributed by atoms with van der Waals surface area (Å²) in [5.74, 6) is -1.19. The number of nitrogens with zero attached hydrogens (tertiary/aromatic N) is 1. The van der Waals surface area contributed by atoms with Gasteiger partial charge in [0.25, 0.3) is 0 Å². The Morgan fingerprint density at radius 2 is 1.95 bits per heavy atom. The molecule has 0 aromatic carbocycles. The van der Waals surface area contributed by atoms with Gasteiger partial charge in [0.2, 0.25) is 5.91 Å². The maximum absolute atomic E-state index is 12.0. The maximum Gasteiger partial charge on any atom is 0.303 e. The Balaban J connectivity index is 2.55. The van der Waals surface area contributed by atoms with Crippen LogP contribution < -0.4 is 0 Å². The van der Waals surface area contributed by atoms with E-state index in [1.54, 1.807) is 4.90 Å². The van der Waals surface area contributed by atoms with Gasteiger partial charge in [-0.25, -0.2) is 8.42 Å². The second kappa shape index (κ2) is 6.88. The Morgan fingerprint density at radius 3 is 2.53 bits per heavy atom. The first-order chi connectivity index (χ1) is 8.79. The number of carboxylic acid groups (broad SMARTS) is 1. The van der Waals surface area contributed by atoms with Crippen molar-refractivity contribution in [1.82, 2.24) is 4.90 Å². The van der Waals surface area contributed by atoms with Crippen LogP contribution in [0.25, 0.3) is 0 Å². The van der Waals surface area contributed by atoms with E-state index in [4.69, 9.17) is 5.11 Å². The molecule has 1 N–H and O–H groups in total. The van der Waals surface area contributed by atoms with Crippen molar-refractivity contribution in [2.24, 2.45) is 0 Å². The lowest BCUT2D eigenvalue weighted by atomic mass is 9.97. The molecule has 1 aliphatic heterocycles. The number of piperidine rings is 1. The molecule has 0 saturated carbocycles. The fourth-order valence-corrected chi connectivity index (χ4v) is 2.88. The van der Waals surface area contributed by atoms with Gasteiger partial charge in [0.05, 0.1) is 5.75 Å². The van der Waals surface area contributed by atoms with Gasteiger partial charge in [0.1, 0.15) is 9.84 Å². The molecule has 0 aliphatic carbocycles. The summed E-state index contributed by atoms with van der Waals surface area (Å²) in [5.41, 5.74) is 0. The van der Waals surface area contributed by atoms with Gasteiger partial charge in [-0.15, -0.1) is 0 Å². The first-order valence-electron chi connectivity index (χ1n) is 6.48. The first kappa shape index (κ1) is 15.9. The van der Waals surface area contributed by atoms with Gasteiger partial charge in [-0.05, 0) is 25.7 Å². The fraction of sp³-hybridized carbons (Fsp3) is 0.833. The first-order valence-corrected chi connectivity index (χ1v) is 8.54. The van der Waals surface area contributed by atoms with Gasteiger partial charge >= 0.3 is 5.97 Å².